The van der Waals surface area contributed by atoms with Gasteiger partial charge in [-0.15, -0.1) is 0 Å². The van der Waals surface area contributed by atoms with Crippen molar-refractivity contribution in [2.24, 2.45) is 10.1 Å². The molecule has 0 bridgehead atoms. The van der Waals surface area contributed by atoms with Crippen molar-refractivity contribution in [3.63, 3.8) is 0 Å². The average molecular weight is 340 g/mol. The van der Waals surface area contributed by atoms with Crippen LogP contribution in [0.5, 0.6) is 0 Å². The molecule has 1 unspecified atom stereocenters. The molecule has 132 valence electrons. The zero-order valence-electron chi connectivity index (χ0n) is 16.0. The molecule has 7 heteroatoms. The average Bonchev–Trinajstić information content (AvgIpc) is 2.65. The fourth-order valence-electron chi connectivity index (χ4n) is 2.43. The first kappa shape index (κ1) is 20.7. The second-order valence-corrected chi connectivity index (χ2v) is 13.0. The molecule has 0 aliphatic carbocycles. The predicted octanol–water partition coefficient (Wildman–Crippen LogP) is 3.81. The molecule has 1 fully saturated rings. The second-order valence-electron chi connectivity index (χ2n) is 8.18. The first-order valence-electron chi connectivity index (χ1n) is 8.40. The minimum absolute atomic E-state index is 0.0216. The first-order chi connectivity index (χ1) is 10.4. The van der Waals surface area contributed by atoms with Crippen LogP contribution in [0.25, 0.3) is 0 Å². The van der Waals surface area contributed by atoms with Gasteiger partial charge in [-0.2, -0.15) is 0 Å². The molecule has 1 aliphatic rings. The van der Waals surface area contributed by atoms with E-state index >= 15 is 0 Å². The fourth-order valence-corrected chi connectivity index (χ4v) is 3.49. The molecule has 1 saturated heterocycles. The molecule has 1 heterocycles. The van der Waals surface area contributed by atoms with Gasteiger partial charge in [-0.05, 0) is 0 Å². The monoisotopic (exact) mass is 340 g/mol. The molecule has 0 radical (unpaired) electrons. The van der Waals surface area contributed by atoms with E-state index in [0.717, 1.165) is 6.42 Å². The second kappa shape index (κ2) is 7.68. The van der Waals surface area contributed by atoms with Gasteiger partial charge >= 0.3 is 143 Å². The van der Waals surface area contributed by atoms with Crippen molar-refractivity contribution in [2.45, 2.75) is 90.1 Å². The number of nitrogens with zero attached hydrogens (tertiary/aromatic N) is 2. The SMILES string of the molecule is C=BN=N[C@@H](CCO[Si](C)(C)C(C)(C)C)[C@@H]1OC(C)(C)OC1C. The summed E-state index contributed by atoms with van der Waals surface area (Å²) in [6.07, 6.45) is 0.626. The van der Waals surface area contributed by atoms with E-state index in [2.05, 4.69) is 50.5 Å². The quantitative estimate of drug-likeness (QED) is 0.523. The van der Waals surface area contributed by atoms with Crippen molar-refractivity contribution < 1.29 is 13.9 Å². The number of hydrogen-bond donors (Lipinski definition) is 0. The third-order valence-electron chi connectivity index (χ3n) is 4.71. The third-order valence-corrected chi connectivity index (χ3v) is 9.25. The summed E-state index contributed by atoms with van der Waals surface area (Å²) in [5.41, 5.74) is 0. The molecule has 0 aromatic carbocycles. The molecule has 1 rings (SSSR count). The van der Waals surface area contributed by atoms with Gasteiger partial charge in [0.05, 0.1) is 0 Å². The molecule has 0 amide bonds. The van der Waals surface area contributed by atoms with Gasteiger partial charge in [-0.1, -0.05) is 0 Å². The van der Waals surface area contributed by atoms with Gasteiger partial charge in [0.1, 0.15) is 0 Å². The van der Waals surface area contributed by atoms with Gasteiger partial charge < -0.3 is 0 Å². The Morgan fingerprint density at radius 3 is 2.35 bits per heavy atom. The molecule has 0 aromatic rings. The molecular weight excluding hydrogens is 307 g/mol. The van der Waals surface area contributed by atoms with E-state index in [4.69, 9.17) is 13.9 Å². The van der Waals surface area contributed by atoms with Gasteiger partial charge in [0.15, 0.2) is 0 Å². The van der Waals surface area contributed by atoms with Crippen LogP contribution in [-0.4, -0.2) is 52.5 Å². The van der Waals surface area contributed by atoms with Crippen LogP contribution in [0.15, 0.2) is 10.1 Å². The van der Waals surface area contributed by atoms with E-state index in [9.17, 15) is 0 Å². The molecule has 1 aliphatic heterocycles. The van der Waals surface area contributed by atoms with Crippen LogP contribution in [0, 0.1) is 0 Å². The van der Waals surface area contributed by atoms with Crippen LogP contribution in [0.4, 0.5) is 0 Å². The van der Waals surface area contributed by atoms with Crippen LogP contribution in [-0.2, 0) is 13.9 Å². The van der Waals surface area contributed by atoms with Crippen LogP contribution >= 0.6 is 0 Å². The Morgan fingerprint density at radius 1 is 1.30 bits per heavy atom. The fraction of sp³-hybridized carbons (Fsp3) is 0.938. The van der Waals surface area contributed by atoms with Gasteiger partial charge in [0.25, 0.3) is 0 Å². The maximum absolute atomic E-state index is 6.27. The number of rotatable bonds is 7. The zero-order chi connectivity index (χ0) is 17.9. The zero-order valence-corrected chi connectivity index (χ0v) is 17.0. The Labute approximate surface area is 143 Å². The van der Waals surface area contributed by atoms with E-state index in [1.807, 2.05) is 20.8 Å². The van der Waals surface area contributed by atoms with Crippen molar-refractivity contribution in [1.29, 1.82) is 0 Å². The summed E-state index contributed by atoms with van der Waals surface area (Å²) < 4.78 is 18.1. The van der Waals surface area contributed by atoms with Gasteiger partial charge in [0.2, 0.25) is 0 Å². The third kappa shape index (κ3) is 5.89. The maximum atomic E-state index is 6.27. The molecule has 0 spiro atoms. The Hall–Kier alpha value is -0.368. The summed E-state index contributed by atoms with van der Waals surface area (Å²) in [4.78, 5) is 0. The van der Waals surface area contributed by atoms with Crippen LogP contribution in [0.1, 0.15) is 48.0 Å². The summed E-state index contributed by atoms with van der Waals surface area (Å²) in [7, 11) is -0.301. The van der Waals surface area contributed by atoms with Crippen LogP contribution in [0.2, 0.25) is 18.1 Å². The Balaban J connectivity index is 2.70. The van der Waals surface area contributed by atoms with E-state index in [0.29, 0.717) is 6.61 Å². The standard InChI is InChI=1S/C16H33BN2O3Si/c1-12-14(22-16(5,6)21-12)13(18-19-17-7)10-11-20-23(8,9)15(2,3)4/h12-14H,7,10-11H2,1-6,8-9H3/t12?,13-,14+/m0/s1. The summed E-state index contributed by atoms with van der Waals surface area (Å²) in [5.74, 6) is -0.577. The van der Waals surface area contributed by atoms with Gasteiger partial charge in [0, 0.05) is 0 Å². The molecule has 23 heavy (non-hydrogen) atoms. The summed E-state index contributed by atoms with van der Waals surface area (Å²) >= 11 is 0. The molecular formula is C16H33BN2O3Si. The van der Waals surface area contributed by atoms with E-state index in [1.54, 1.807) is 0 Å². The molecule has 0 aromatic heterocycles. The molecule has 3 atom stereocenters. The van der Waals surface area contributed by atoms with Crippen LogP contribution in [0.3, 0.4) is 0 Å². The van der Waals surface area contributed by atoms with E-state index in [-0.39, 0.29) is 23.3 Å². The molecule has 5 nitrogen and oxygen atoms in total. The Bertz CT molecular complexity index is 436. The van der Waals surface area contributed by atoms with Crippen molar-refractivity contribution in [1.82, 2.24) is 0 Å². The predicted molar refractivity (Wildman–Crippen MR) is 98.8 cm³/mol. The first-order valence-corrected chi connectivity index (χ1v) is 11.3. The van der Waals surface area contributed by atoms with Crippen molar-refractivity contribution >= 4 is 21.8 Å². The summed E-state index contributed by atoms with van der Waals surface area (Å²) in [6.45, 7) is 21.4. The van der Waals surface area contributed by atoms with E-state index in [1.165, 1.54) is 7.06 Å². The van der Waals surface area contributed by atoms with Crippen molar-refractivity contribution in [3.8, 4) is 0 Å². The Kier molecular flexibility index (Phi) is 6.90. The van der Waals surface area contributed by atoms with Crippen molar-refractivity contribution in [2.75, 3.05) is 6.61 Å². The summed E-state index contributed by atoms with van der Waals surface area (Å²) in [5, 5.41) is 8.53. The number of hydrogen-bond acceptors (Lipinski definition) is 5. The molecule has 0 N–H and O–H groups in total. The van der Waals surface area contributed by atoms with E-state index < -0.39 is 14.1 Å². The minimum atomic E-state index is -1.75. The molecule has 0 saturated carbocycles. The number of ether oxygens (including phenoxy) is 2. The van der Waals surface area contributed by atoms with Crippen LogP contribution < -0.4 is 0 Å². The Morgan fingerprint density at radius 2 is 1.91 bits per heavy atom. The summed E-state index contributed by atoms with van der Waals surface area (Å²) in [6, 6.07) is -0.0884. The topological polar surface area (TPSA) is 52.4 Å². The van der Waals surface area contributed by atoms with Gasteiger partial charge in [-0.25, -0.2) is 0 Å². The normalized spacial score (nSPS) is 26.4. The van der Waals surface area contributed by atoms with Gasteiger partial charge in [-0.3, -0.25) is 0 Å². The van der Waals surface area contributed by atoms with Crippen molar-refractivity contribution in [3.05, 3.63) is 0 Å².